The molecule has 23 heavy (non-hydrogen) atoms. The predicted molar refractivity (Wildman–Crippen MR) is 91.2 cm³/mol. The number of hydrogen-bond donors (Lipinski definition) is 1. The summed E-state index contributed by atoms with van der Waals surface area (Å²) in [4.78, 5) is 20.9. The molecule has 0 aliphatic carbocycles. The molecule has 1 spiro atoms. The quantitative estimate of drug-likeness (QED) is 0.910. The lowest BCUT2D eigenvalue weighted by Crippen LogP contribution is -2.61. The van der Waals surface area contributed by atoms with Gasteiger partial charge < -0.3 is 10.2 Å². The van der Waals surface area contributed by atoms with E-state index >= 15 is 0 Å². The maximum Gasteiger partial charge on any atom is 0.220 e. The zero-order chi connectivity index (χ0) is 16.1. The fraction of sp³-hybridized carbons (Fsp3) is 0.667. The van der Waals surface area contributed by atoms with Crippen LogP contribution < -0.4 is 5.32 Å². The Morgan fingerprint density at radius 2 is 2.26 bits per heavy atom. The lowest BCUT2D eigenvalue weighted by Gasteiger charge is -2.49. The van der Waals surface area contributed by atoms with Crippen LogP contribution in [0.5, 0.6) is 0 Å². The first-order valence-electron chi connectivity index (χ1n) is 8.77. The fourth-order valence-corrected chi connectivity index (χ4v) is 3.92. The number of amides is 1. The minimum Gasteiger partial charge on any atom is -0.356 e. The van der Waals surface area contributed by atoms with E-state index < -0.39 is 0 Å². The molecule has 1 aromatic heterocycles. The highest BCUT2D eigenvalue weighted by Crippen LogP contribution is 2.30. The molecule has 0 radical (unpaired) electrons. The average Bonchev–Trinajstić information content (AvgIpc) is 2.75. The third-order valence-electron chi connectivity index (χ3n) is 5.47. The second-order valence-electron chi connectivity index (χ2n) is 6.99. The molecule has 0 saturated carbocycles. The zero-order valence-corrected chi connectivity index (χ0v) is 14.1. The van der Waals surface area contributed by atoms with Gasteiger partial charge in [0.25, 0.3) is 0 Å². The summed E-state index contributed by atoms with van der Waals surface area (Å²) in [5.74, 6) is 0.212. The van der Waals surface area contributed by atoms with E-state index in [1.807, 2.05) is 18.5 Å². The van der Waals surface area contributed by atoms with Crippen LogP contribution in [-0.4, -0.2) is 66.0 Å². The van der Waals surface area contributed by atoms with E-state index in [4.69, 9.17) is 0 Å². The van der Waals surface area contributed by atoms with Crippen molar-refractivity contribution in [1.82, 2.24) is 20.1 Å². The van der Waals surface area contributed by atoms with Crippen LogP contribution >= 0.6 is 0 Å². The SMILES string of the molecule is CN1CCN(CCCc2cccnc2)CC12CCNC(=O)CC2. The standard InChI is InChI=1S/C18H28N4O/c1-21-12-13-22(11-3-5-16-4-2-9-19-14-16)15-18(21)7-6-17(23)20-10-8-18/h2,4,9,14H,3,5-8,10-13,15H2,1H3,(H,20,23). The van der Waals surface area contributed by atoms with E-state index in [0.717, 1.165) is 52.0 Å². The van der Waals surface area contributed by atoms with Gasteiger partial charge in [-0.05, 0) is 50.9 Å². The van der Waals surface area contributed by atoms with Crippen LogP contribution in [-0.2, 0) is 11.2 Å². The Bertz CT molecular complexity index is 521. The number of likely N-dealkylation sites (N-methyl/N-ethyl adjacent to an activating group) is 1. The predicted octanol–water partition coefficient (Wildman–Crippen LogP) is 1.30. The van der Waals surface area contributed by atoms with Crippen LogP contribution in [0.3, 0.4) is 0 Å². The Labute approximate surface area is 139 Å². The second-order valence-corrected chi connectivity index (χ2v) is 6.99. The Hall–Kier alpha value is -1.46. The molecule has 0 bridgehead atoms. The molecule has 1 aromatic rings. The number of piperazine rings is 1. The van der Waals surface area contributed by atoms with Gasteiger partial charge in [0, 0.05) is 50.5 Å². The molecule has 2 aliphatic heterocycles. The highest BCUT2D eigenvalue weighted by molar-refractivity contribution is 5.76. The highest BCUT2D eigenvalue weighted by Gasteiger charge is 2.40. The number of nitrogens with one attached hydrogen (secondary N) is 1. The molecule has 3 rings (SSSR count). The first-order valence-corrected chi connectivity index (χ1v) is 8.77. The van der Waals surface area contributed by atoms with Crippen molar-refractivity contribution in [2.45, 2.75) is 37.6 Å². The van der Waals surface area contributed by atoms with Crippen molar-refractivity contribution in [3.63, 3.8) is 0 Å². The summed E-state index contributed by atoms with van der Waals surface area (Å²) in [5.41, 5.74) is 1.49. The molecular formula is C18H28N4O. The van der Waals surface area contributed by atoms with Gasteiger partial charge in [0.2, 0.25) is 5.91 Å². The molecular weight excluding hydrogens is 288 g/mol. The van der Waals surface area contributed by atoms with Gasteiger partial charge in [-0.25, -0.2) is 0 Å². The van der Waals surface area contributed by atoms with Gasteiger partial charge in [-0.3, -0.25) is 14.7 Å². The summed E-state index contributed by atoms with van der Waals surface area (Å²) in [6, 6.07) is 4.16. The maximum absolute atomic E-state index is 11.7. The Morgan fingerprint density at radius 3 is 3.09 bits per heavy atom. The van der Waals surface area contributed by atoms with Gasteiger partial charge >= 0.3 is 0 Å². The molecule has 2 saturated heterocycles. The summed E-state index contributed by atoms with van der Waals surface area (Å²) in [6.45, 7) is 5.26. The molecule has 1 atom stereocenters. The van der Waals surface area contributed by atoms with E-state index in [0.29, 0.717) is 6.42 Å². The summed E-state index contributed by atoms with van der Waals surface area (Å²) >= 11 is 0. The Balaban J connectivity index is 1.54. The summed E-state index contributed by atoms with van der Waals surface area (Å²) in [5, 5.41) is 3.03. The minimum atomic E-state index is 0.172. The number of nitrogens with zero attached hydrogens (tertiary/aromatic N) is 3. The van der Waals surface area contributed by atoms with Gasteiger partial charge in [0.05, 0.1) is 0 Å². The van der Waals surface area contributed by atoms with E-state index in [1.54, 1.807) is 0 Å². The number of aryl methyl sites for hydroxylation is 1. The molecule has 2 aliphatic rings. The van der Waals surface area contributed by atoms with Crippen molar-refractivity contribution in [2.24, 2.45) is 0 Å². The molecule has 1 N–H and O–H groups in total. The highest BCUT2D eigenvalue weighted by atomic mass is 16.1. The maximum atomic E-state index is 11.7. The normalized spacial score (nSPS) is 26.9. The second kappa shape index (κ2) is 7.41. The minimum absolute atomic E-state index is 0.172. The third-order valence-corrected chi connectivity index (χ3v) is 5.47. The largest absolute Gasteiger partial charge is 0.356 e. The number of carbonyl (C=O) groups excluding carboxylic acids is 1. The van der Waals surface area contributed by atoms with Crippen LogP contribution in [0.2, 0.25) is 0 Å². The van der Waals surface area contributed by atoms with Crippen LogP contribution in [0.4, 0.5) is 0 Å². The first kappa shape index (κ1) is 16.4. The van der Waals surface area contributed by atoms with Crippen LogP contribution in [0.25, 0.3) is 0 Å². The van der Waals surface area contributed by atoms with Crippen molar-refractivity contribution in [3.05, 3.63) is 30.1 Å². The van der Waals surface area contributed by atoms with E-state index in [2.05, 4.69) is 33.2 Å². The van der Waals surface area contributed by atoms with Crippen molar-refractivity contribution in [1.29, 1.82) is 0 Å². The monoisotopic (exact) mass is 316 g/mol. The van der Waals surface area contributed by atoms with Gasteiger partial charge in [-0.2, -0.15) is 0 Å². The lowest BCUT2D eigenvalue weighted by molar-refractivity contribution is -0.121. The van der Waals surface area contributed by atoms with E-state index in [-0.39, 0.29) is 11.4 Å². The molecule has 1 unspecified atom stereocenters. The molecule has 1 amide bonds. The van der Waals surface area contributed by atoms with E-state index in [9.17, 15) is 4.79 Å². The van der Waals surface area contributed by atoms with Crippen LogP contribution in [0.15, 0.2) is 24.5 Å². The lowest BCUT2D eigenvalue weighted by atomic mass is 9.86. The Morgan fingerprint density at radius 1 is 1.35 bits per heavy atom. The smallest absolute Gasteiger partial charge is 0.220 e. The van der Waals surface area contributed by atoms with E-state index in [1.165, 1.54) is 12.0 Å². The summed E-state index contributed by atoms with van der Waals surface area (Å²) in [6.07, 6.45) is 8.76. The van der Waals surface area contributed by atoms with Gasteiger partial charge in [0.15, 0.2) is 0 Å². The molecule has 3 heterocycles. The van der Waals surface area contributed by atoms with Crippen molar-refractivity contribution in [3.8, 4) is 0 Å². The average molecular weight is 316 g/mol. The third kappa shape index (κ3) is 4.09. The molecule has 2 fully saturated rings. The van der Waals surface area contributed by atoms with Gasteiger partial charge in [-0.15, -0.1) is 0 Å². The zero-order valence-electron chi connectivity index (χ0n) is 14.1. The topological polar surface area (TPSA) is 48.5 Å². The van der Waals surface area contributed by atoms with Crippen LogP contribution in [0, 0.1) is 0 Å². The number of carbonyl (C=O) groups is 1. The molecule has 5 nitrogen and oxygen atoms in total. The fourth-order valence-electron chi connectivity index (χ4n) is 3.92. The van der Waals surface area contributed by atoms with Gasteiger partial charge in [-0.1, -0.05) is 6.07 Å². The molecule has 126 valence electrons. The number of pyridine rings is 1. The number of hydrogen-bond acceptors (Lipinski definition) is 4. The van der Waals surface area contributed by atoms with Crippen LogP contribution in [0.1, 0.15) is 31.2 Å². The number of aromatic nitrogens is 1. The Kier molecular flexibility index (Phi) is 5.28. The molecule has 5 heteroatoms. The summed E-state index contributed by atoms with van der Waals surface area (Å²) in [7, 11) is 2.22. The number of rotatable bonds is 4. The van der Waals surface area contributed by atoms with Crippen molar-refractivity contribution in [2.75, 3.05) is 39.8 Å². The first-order chi connectivity index (χ1) is 11.2. The van der Waals surface area contributed by atoms with Crippen molar-refractivity contribution < 1.29 is 4.79 Å². The van der Waals surface area contributed by atoms with Gasteiger partial charge in [0.1, 0.15) is 0 Å². The summed E-state index contributed by atoms with van der Waals surface area (Å²) < 4.78 is 0. The molecule has 0 aromatic carbocycles. The van der Waals surface area contributed by atoms with Crippen molar-refractivity contribution >= 4 is 5.91 Å².